The van der Waals surface area contributed by atoms with Crippen molar-refractivity contribution in [2.75, 3.05) is 59.5 Å². The SMILES string of the molecule is CCN1CCN(C[C@H](O)COc2ccc(CNCCn3nc(C)cc3C)cc2OC)CC1. The summed E-state index contributed by atoms with van der Waals surface area (Å²) >= 11 is 0. The largest absolute Gasteiger partial charge is 0.493 e. The van der Waals surface area contributed by atoms with E-state index in [-0.39, 0.29) is 6.61 Å². The van der Waals surface area contributed by atoms with Crippen molar-refractivity contribution < 1.29 is 14.6 Å². The predicted octanol–water partition coefficient (Wildman–Crippen LogP) is 1.68. The molecular formula is C24H39N5O3. The van der Waals surface area contributed by atoms with E-state index in [9.17, 15) is 5.11 Å². The van der Waals surface area contributed by atoms with Gasteiger partial charge in [0.25, 0.3) is 0 Å². The monoisotopic (exact) mass is 445 g/mol. The van der Waals surface area contributed by atoms with Gasteiger partial charge in [0.2, 0.25) is 0 Å². The Morgan fingerprint density at radius 1 is 1.09 bits per heavy atom. The van der Waals surface area contributed by atoms with Crippen LogP contribution in [-0.2, 0) is 13.1 Å². The lowest BCUT2D eigenvalue weighted by Gasteiger charge is -2.34. The number of nitrogens with zero attached hydrogens (tertiary/aromatic N) is 4. The molecule has 0 amide bonds. The molecule has 1 aromatic carbocycles. The number of rotatable bonds is 12. The lowest BCUT2D eigenvalue weighted by Crippen LogP contribution is -2.49. The maximum Gasteiger partial charge on any atom is 0.161 e. The molecule has 32 heavy (non-hydrogen) atoms. The molecule has 1 aliphatic rings. The summed E-state index contributed by atoms with van der Waals surface area (Å²) in [6, 6.07) is 8.03. The standard InChI is InChI=1S/C24H39N5O3/c1-5-27-10-12-28(13-11-27)17-22(30)18-32-23-7-6-21(15-24(23)31-4)16-25-8-9-29-20(3)14-19(2)26-29/h6-7,14-15,22,25,30H,5,8-13,16-18H2,1-4H3/t22-/m0/s1. The van der Waals surface area contributed by atoms with Gasteiger partial charge in [-0.15, -0.1) is 0 Å². The van der Waals surface area contributed by atoms with Crippen molar-refractivity contribution in [3.63, 3.8) is 0 Å². The fourth-order valence-electron chi connectivity index (χ4n) is 4.09. The van der Waals surface area contributed by atoms with Gasteiger partial charge in [-0.25, -0.2) is 0 Å². The third-order valence-electron chi connectivity index (χ3n) is 5.97. The number of aliphatic hydroxyl groups is 1. The van der Waals surface area contributed by atoms with Crippen molar-refractivity contribution in [1.82, 2.24) is 24.9 Å². The van der Waals surface area contributed by atoms with Crippen LogP contribution in [0.25, 0.3) is 0 Å². The van der Waals surface area contributed by atoms with E-state index in [1.54, 1.807) is 7.11 Å². The molecule has 1 saturated heterocycles. The second-order valence-corrected chi connectivity index (χ2v) is 8.51. The number of likely N-dealkylation sites (N-methyl/N-ethyl adjacent to an activating group) is 1. The minimum absolute atomic E-state index is 0.255. The van der Waals surface area contributed by atoms with Gasteiger partial charge < -0.3 is 24.8 Å². The van der Waals surface area contributed by atoms with E-state index in [0.717, 1.165) is 63.6 Å². The number of hydrogen-bond acceptors (Lipinski definition) is 7. The summed E-state index contributed by atoms with van der Waals surface area (Å²) in [7, 11) is 1.64. The van der Waals surface area contributed by atoms with Crippen LogP contribution in [0, 0.1) is 13.8 Å². The van der Waals surface area contributed by atoms with Gasteiger partial charge in [0.15, 0.2) is 11.5 Å². The van der Waals surface area contributed by atoms with Crippen LogP contribution in [0.2, 0.25) is 0 Å². The first-order chi connectivity index (χ1) is 15.5. The summed E-state index contributed by atoms with van der Waals surface area (Å²) in [5, 5.41) is 18.4. The average molecular weight is 446 g/mol. The molecule has 0 saturated carbocycles. The van der Waals surface area contributed by atoms with Gasteiger partial charge in [-0.1, -0.05) is 13.0 Å². The molecule has 2 N–H and O–H groups in total. The maximum absolute atomic E-state index is 10.4. The second-order valence-electron chi connectivity index (χ2n) is 8.51. The minimum atomic E-state index is -0.524. The van der Waals surface area contributed by atoms with Crippen LogP contribution in [0.1, 0.15) is 23.9 Å². The van der Waals surface area contributed by atoms with Gasteiger partial charge in [0, 0.05) is 51.5 Å². The maximum atomic E-state index is 10.4. The summed E-state index contributed by atoms with van der Waals surface area (Å²) < 4.78 is 13.4. The molecule has 178 valence electrons. The molecule has 8 heteroatoms. The van der Waals surface area contributed by atoms with Crippen molar-refractivity contribution in [3.8, 4) is 11.5 Å². The smallest absolute Gasteiger partial charge is 0.161 e. The second kappa shape index (κ2) is 12.2. The zero-order valence-corrected chi connectivity index (χ0v) is 20.0. The number of benzene rings is 1. The van der Waals surface area contributed by atoms with Gasteiger partial charge >= 0.3 is 0 Å². The highest BCUT2D eigenvalue weighted by atomic mass is 16.5. The molecule has 1 aromatic heterocycles. The zero-order valence-electron chi connectivity index (χ0n) is 20.0. The van der Waals surface area contributed by atoms with Crippen LogP contribution < -0.4 is 14.8 Å². The van der Waals surface area contributed by atoms with E-state index < -0.39 is 6.10 Å². The summed E-state index contributed by atoms with van der Waals surface area (Å²) in [4.78, 5) is 4.73. The molecule has 0 radical (unpaired) electrons. The normalized spacial score (nSPS) is 16.3. The average Bonchev–Trinajstić information content (AvgIpc) is 3.12. The highest BCUT2D eigenvalue weighted by Crippen LogP contribution is 2.28. The Morgan fingerprint density at radius 3 is 2.50 bits per heavy atom. The number of aromatic nitrogens is 2. The molecule has 2 heterocycles. The van der Waals surface area contributed by atoms with Crippen LogP contribution in [0.5, 0.6) is 11.5 Å². The molecule has 1 aliphatic heterocycles. The fraction of sp³-hybridized carbons (Fsp3) is 0.625. The Hall–Kier alpha value is -2.13. The van der Waals surface area contributed by atoms with Crippen LogP contribution in [-0.4, -0.2) is 90.3 Å². The summed E-state index contributed by atoms with van der Waals surface area (Å²) in [5.74, 6) is 1.35. The van der Waals surface area contributed by atoms with Crippen molar-refractivity contribution in [2.24, 2.45) is 0 Å². The Morgan fingerprint density at radius 2 is 1.84 bits per heavy atom. The first-order valence-corrected chi connectivity index (χ1v) is 11.6. The Labute approximate surface area is 192 Å². The molecule has 3 rings (SSSR count). The Balaban J connectivity index is 1.41. The molecule has 0 aliphatic carbocycles. The lowest BCUT2D eigenvalue weighted by molar-refractivity contribution is 0.0464. The third kappa shape index (κ3) is 7.20. The highest BCUT2D eigenvalue weighted by Gasteiger charge is 2.19. The summed E-state index contributed by atoms with van der Waals surface area (Å²) in [6.45, 7) is 14.8. The predicted molar refractivity (Wildman–Crippen MR) is 126 cm³/mol. The molecule has 2 aromatic rings. The number of ether oxygens (including phenoxy) is 2. The number of aliphatic hydroxyl groups excluding tert-OH is 1. The number of piperazine rings is 1. The van der Waals surface area contributed by atoms with Crippen LogP contribution >= 0.6 is 0 Å². The van der Waals surface area contributed by atoms with E-state index >= 15 is 0 Å². The number of aryl methyl sites for hydroxylation is 2. The number of β-amino-alcohol motifs (C(OH)–C–C–N with tert-alkyl or cyclic N) is 1. The lowest BCUT2D eigenvalue weighted by atomic mass is 10.2. The van der Waals surface area contributed by atoms with Crippen molar-refractivity contribution >= 4 is 0 Å². The zero-order chi connectivity index (χ0) is 22.9. The molecule has 8 nitrogen and oxygen atoms in total. The van der Waals surface area contributed by atoms with E-state index in [0.29, 0.717) is 18.0 Å². The van der Waals surface area contributed by atoms with E-state index in [4.69, 9.17) is 9.47 Å². The number of methoxy groups -OCH3 is 1. The first-order valence-electron chi connectivity index (χ1n) is 11.6. The van der Waals surface area contributed by atoms with Crippen LogP contribution in [0.15, 0.2) is 24.3 Å². The molecule has 0 spiro atoms. The van der Waals surface area contributed by atoms with Crippen molar-refractivity contribution in [3.05, 3.63) is 41.2 Å². The van der Waals surface area contributed by atoms with E-state index in [2.05, 4.69) is 40.1 Å². The third-order valence-corrected chi connectivity index (χ3v) is 5.97. The van der Waals surface area contributed by atoms with Gasteiger partial charge in [-0.2, -0.15) is 5.10 Å². The topological polar surface area (TPSA) is 75.0 Å². The molecule has 0 unspecified atom stereocenters. The molecule has 0 bridgehead atoms. The van der Waals surface area contributed by atoms with Crippen molar-refractivity contribution in [2.45, 2.75) is 40.0 Å². The molecular weight excluding hydrogens is 406 g/mol. The minimum Gasteiger partial charge on any atom is -0.493 e. The van der Waals surface area contributed by atoms with Gasteiger partial charge in [-0.05, 0) is 44.2 Å². The van der Waals surface area contributed by atoms with Gasteiger partial charge in [0.05, 0.1) is 19.3 Å². The van der Waals surface area contributed by atoms with Gasteiger partial charge in [-0.3, -0.25) is 9.58 Å². The highest BCUT2D eigenvalue weighted by molar-refractivity contribution is 5.43. The van der Waals surface area contributed by atoms with E-state index in [1.807, 2.05) is 29.8 Å². The molecule has 1 fully saturated rings. The van der Waals surface area contributed by atoms with Crippen molar-refractivity contribution in [1.29, 1.82) is 0 Å². The first kappa shape index (κ1) is 24.5. The van der Waals surface area contributed by atoms with E-state index in [1.165, 1.54) is 5.69 Å². The fourth-order valence-corrected chi connectivity index (χ4v) is 4.09. The summed E-state index contributed by atoms with van der Waals surface area (Å²) in [6.07, 6.45) is -0.524. The molecule has 1 atom stereocenters. The Bertz CT molecular complexity index is 833. The quantitative estimate of drug-likeness (QED) is 0.482. The summed E-state index contributed by atoms with van der Waals surface area (Å²) in [5.41, 5.74) is 3.35. The number of hydrogen-bond donors (Lipinski definition) is 2. The van der Waals surface area contributed by atoms with Crippen LogP contribution in [0.4, 0.5) is 0 Å². The number of nitrogens with one attached hydrogen (secondary N) is 1. The van der Waals surface area contributed by atoms with Gasteiger partial charge in [0.1, 0.15) is 12.7 Å². The Kier molecular flexibility index (Phi) is 9.35. The van der Waals surface area contributed by atoms with Crippen LogP contribution in [0.3, 0.4) is 0 Å².